The van der Waals surface area contributed by atoms with Gasteiger partial charge in [0.2, 0.25) is 0 Å². The van der Waals surface area contributed by atoms with Crippen molar-refractivity contribution in [3.05, 3.63) is 63.1 Å². The first-order valence-electron chi connectivity index (χ1n) is 6.56. The standard InChI is InChI=1S/C16H16BrClN2O/c1-10(8-11-2-5-13(17)6-3-11)20-16(21)12-4-7-15(19)14(18)9-12/h2-7,9-10H,8,19H2,1H3,(H,20,21). The van der Waals surface area contributed by atoms with E-state index in [-0.39, 0.29) is 11.9 Å². The minimum atomic E-state index is -0.151. The lowest BCUT2D eigenvalue weighted by Crippen LogP contribution is -2.34. The van der Waals surface area contributed by atoms with Crippen LogP contribution in [-0.4, -0.2) is 11.9 Å². The third kappa shape index (κ3) is 4.48. The zero-order chi connectivity index (χ0) is 15.4. The Morgan fingerprint density at radius 1 is 1.29 bits per heavy atom. The molecule has 5 heteroatoms. The number of nitrogens with one attached hydrogen (secondary N) is 1. The molecule has 110 valence electrons. The average Bonchev–Trinajstić information content (AvgIpc) is 2.44. The van der Waals surface area contributed by atoms with Crippen LogP contribution in [-0.2, 0) is 6.42 Å². The largest absolute Gasteiger partial charge is 0.398 e. The van der Waals surface area contributed by atoms with Gasteiger partial charge in [0.1, 0.15) is 0 Å². The van der Waals surface area contributed by atoms with Gasteiger partial charge in [0, 0.05) is 16.1 Å². The lowest BCUT2D eigenvalue weighted by atomic mass is 10.1. The minimum absolute atomic E-state index is 0.0232. The molecule has 3 nitrogen and oxygen atoms in total. The number of nitrogens with two attached hydrogens (primary N) is 1. The van der Waals surface area contributed by atoms with Crippen LogP contribution in [0.2, 0.25) is 5.02 Å². The summed E-state index contributed by atoms with van der Waals surface area (Å²) in [6.07, 6.45) is 0.766. The summed E-state index contributed by atoms with van der Waals surface area (Å²) >= 11 is 9.33. The normalized spacial score (nSPS) is 12.0. The van der Waals surface area contributed by atoms with Crippen LogP contribution in [0.3, 0.4) is 0 Å². The number of anilines is 1. The summed E-state index contributed by atoms with van der Waals surface area (Å²) in [6, 6.07) is 13.0. The van der Waals surface area contributed by atoms with Gasteiger partial charge >= 0.3 is 0 Å². The van der Waals surface area contributed by atoms with Crippen molar-refractivity contribution in [2.75, 3.05) is 5.73 Å². The molecule has 0 saturated carbocycles. The van der Waals surface area contributed by atoms with Gasteiger partial charge in [0.05, 0.1) is 10.7 Å². The molecule has 2 aromatic carbocycles. The molecule has 2 rings (SSSR count). The Hall–Kier alpha value is -1.52. The van der Waals surface area contributed by atoms with Crippen molar-refractivity contribution >= 4 is 39.1 Å². The fourth-order valence-electron chi connectivity index (χ4n) is 2.00. The van der Waals surface area contributed by atoms with Crippen LogP contribution in [0.4, 0.5) is 5.69 Å². The third-order valence-electron chi connectivity index (χ3n) is 3.10. The average molecular weight is 368 g/mol. The van der Waals surface area contributed by atoms with Crippen molar-refractivity contribution in [3.63, 3.8) is 0 Å². The quantitative estimate of drug-likeness (QED) is 0.801. The maximum absolute atomic E-state index is 12.1. The summed E-state index contributed by atoms with van der Waals surface area (Å²) in [6.45, 7) is 1.97. The number of hydrogen-bond donors (Lipinski definition) is 2. The van der Waals surface area contributed by atoms with Gasteiger partial charge in [0.25, 0.3) is 5.91 Å². The Morgan fingerprint density at radius 3 is 2.57 bits per heavy atom. The van der Waals surface area contributed by atoms with Crippen LogP contribution >= 0.6 is 27.5 Å². The minimum Gasteiger partial charge on any atom is -0.398 e. The highest BCUT2D eigenvalue weighted by molar-refractivity contribution is 9.10. The van der Waals surface area contributed by atoms with Gasteiger partial charge in [-0.1, -0.05) is 39.7 Å². The summed E-state index contributed by atoms with van der Waals surface area (Å²) in [5.74, 6) is -0.151. The first-order chi connectivity index (χ1) is 9.95. The van der Waals surface area contributed by atoms with Crippen LogP contribution < -0.4 is 11.1 Å². The highest BCUT2D eigenvalue weighted by Gasteiger charge is 2.11. The number of rotatable bonds is 4. The van der Waals surface area contributed by atoms with E-state index in [9.17, 15) is 4.79 Å². The topological polar surface area (TPSA) is 55.1 Å². The first kappa shape index (κ1) is 15.9. The molecule has 0 fully saturated rings. The monoisotopic (exact) mass is 366 g/mol. The lowest BCUT2D eigenvalue weighted by molar-refractivity contribution is 0.0940. The van der Waals surface area contributed by atoms with E-state index >= 15 is 0 Å². The molecule has 1 amide bonds. The summed E-state index contributed by atoms with van der Waals surface area (Å²) in [5, 5.41) is 3.35. The molecule has 21 heavy (non-hydrogen) atoms. The lowest BCUT2D eigenvalue weighted by Gasteiger charge is -2.14. The first-order valence-corrected chi connectivity index (χ1v) is 7.73. The van der Waals surface area contributed by atoms with E-state index in [0.29, 0.717) is 16.3 Å². The summed E-state index contributed by atoms with van der Waals surface area (Å²) in [5.41, 5.74) is 7.78. The second-order valence-electron chi connectivity index (χ2n) is 4.94. The van der Waals surface area contributed by atoms with Crippen molar-refractivity contribution in [2.45, 2.75) is 19.4 Å². The number of hydrogen-bond acceptors (Lipinski definition) is 2. The number of amides is 1. The molecule has 0 aromatic heterocycles. The van der Waals surface area contributed by atoms with Crippen LogP contribution in [0, 0.1) is 0 Å². The van der Waals surface area contributed by atoms with Gasteiger partial charge in [0.15, 0.2) is 0 Å². The molecule has 0 aliphatic rings. The maximum atomic E-state index is 12.1. The number of carbonyl (C=O) groups excluding carboxylic acids is 1. The van der Waals surface area contributed by atoms with Crippen molar-refractivity contribution in [1.29, 1.82) is 0 Å². The summed E-state index contributed by atoms with van der Waals surface area (Å²) in [7, 11) is 0. The zero-order valence-electron chi connectivity index (χ0n) is 11.6. The molecule has 0 radical (unpaired) electrons. The Bertz CT molecular complexity index is 643. The van der Waals surface area contributed by atoms with Gasteiger partial charge in [-0.15, -0.1) is 0 Å². The van der Waals surface area contributed by atoms with Crippen LogP contribution in [0.25, 0.3) is 0 Å². The third-order valence-corrected chi connectivity index (χ3v) is 3.95. The van der Waals surface area contributed by atoms with Crippen molar-refractivity contribution < 1.29 is 4.79 Å². The Balaban J connectivity index is 1.98. The van der Waals surface area contributed by atoms with Crippen LogP contribution in [0.15, 0.2) is 46.9 Å². The predicted molar refractivity (Wildman–Crippen MR) is 90.6 cm³/mol. The van der Waals surface area contributed by atoms with E-state index in [1.807, 2.05) is 31.2 Å². The van der Waals surface area contributed by atoms with Gasteiger partial charge in [-0.25, -0.2) is 0 Å². The zero-order valence-corrected chi connectivity index (χ0v) is 13.9. The maximum Gasteiger partial charge on any atom is 0.251 e. The second kappa shape index (κ2) is 6.96. The Labute approximate surface area is 137 Å². The van der Waals surface area contributed by atoms with Crippen molar-refractivity contribution in [1.82, 2.24) is 5.32 Å². The molecule has 1 atom stereocenters. The van der Waals surface area contributed by atoms with E-state index in [4.69, 9.17) is 17.3 Å². The number of nitrogen functional groups attached to an aromatic ring is 1. The van der Waals surface area contributed by atoms with Crippen LogP contribution in [0.1, 0.15) is 22.8 Å². The van der Waals surface area contributed by atoms with E-state index in [2.05, 4.69) is 21.2 Å². The van der Waals surface area contributed by atoms with E-state index in [1.165, 1.54) is 5.56 Å². The number of halogens is 2. The van der Waals surface area contributed by atoms with Gasteiger partial charge < -0.3 is 11.1 Å². The van der Waals surface area contributed by atoms with E-state index in [0.717, 1.165) is 10.9 Å². The fraction of sp³-hybridized carbons (Fsp3) is 0.188. The molecule has 0 saturated heterocycles. The highest BCUT2D eigenvalue weighted by atomic mass is 79.9. The summed E-state index contributed by atoms with van der Waals surface area (Å²) in [4.78, 5) is 12.1. The molecule has 0 spiro atoms. The van der Waals surface area contributed by atoms with E-state index < -0.39 is 0 Å². The molecular formula is C16H16BrClN2O. The fourth-order valence-corrected chi connectivity index (χ4v) is 2.45. The number of benzene rings is 2. The summed E-state index contributed by atoms with van der Waals surface area (Å²) < 4.78 is 1.04. The highest BCUT2D eigenvalue weighted by Crippen LogP contribution is 2.19. The molecule has 0 heterocycles. The molecule has 0 aliphatic heterocycles. The second-order valence-corrected chi connectivity index (χ2v) is 6.26. The van der Waals surface area contributed by atoms with Crippen molar-refractivity contribution in [2.24, 2.45) is 0 Å². The smallest absolute Gasteiger partial charge is 0.251 e. The number of carbonyl (C=O) groups is 1. The van der Waals surface area contributed by atoms with Crippen LogP contribution in [0.5, 0.6) is 0 Å². The van der Waals surface area contributed by atoms with Gasteiger partial charge in [-0.05, 0) is 49.2 Å². The molecule has 0 bridgehead atoms. The molecule has 1 unspecified atom stereocenters. The van der Waals surface area contributed by atoms with Gasteiger partial charge in [-0.2, -0.15) is 0 Å². The molecule has 2 aromatic rings. The Kier molecular flexibility index (Phi) is 5.26. The SMILES string of the molecule is CC(Cc1ccc(Br)cc1)NC(=O)c1ccc(N)c(Cl)c1. The van der Waals surface area contributed by atoms with Crippen molar-refractivity contribution in [3.8, 4) is 0 Å². The molecular weight excluding hydrogens is 352 g/mol. The van der Waals surface area contributed by atoms with E-state index in [1.54, 1.807) is 18.2 Å². The van der Waals surface area contributed by atoms with Gasteiger partial charge in [-0.3, -0.25) is 4.79 Å². The Morgan fingerprint density at radius 2 is 1.95 bits per heavy atom. The predicted octanol–water partition coefficient (Wildman–Crippen LogP) is 4.05. The molecule has 3 N–H and O–H groups in total. The molecule has 0 aliphatic carbocycles.